The third kappa shape index (κ3) is 4.77. The molecule has 9 heteroatoms. The molecule has 1 rings (SSSR count). The molecule has 0 aromatic carbocycles. The van der Waals surface area contributed by atoms with Gasteiger partial charge in [0, 0.05) is 18.8 Å². The minimum atomic E-state index is -3.75. The van der Waals surface area contributed by atoms with Crippen LogP contribution in [0.15, 0.2) is 11.5 Å². The molecule has 1 unspecified atom stereocenters. The van der Waals surface area contributed by atoms with E-state index in [1.807, 2.05) is 0 Å². The largest absolute Gasteiger partial charge is 0.378 e. The van der Waals surface area contributed by atoms with Crippen LogP contribution in [-0.2, 0) is 19.6 Å². The van der Waals surface area contributed by atoms with Gasteiger partial charge in [-0.15, -0.1) is 11.8 Å². The second-order valence-corrected chi connectivity index (χ2v) is 7.28. The van der Waals surface area contributed by atoms with E-state index in [0.717, 1.165) is 11.8 Å². The molecule has 1 atom stereocenters. The van der Waals surface area contributed by atoms with E-state index in [2.05, 4.69) is 6.58 Å². The number of hydrogen-bond donors (Lipinski definition) is 2. The molecule has 0 radical (unpaired) electrons. The van der Waals surface area contributed by atoms with Gasteiger partial charge in [0.15, 0.2) is 0 Å². The van der Waals surface area contributed by atoms with Gasteiger partial charge in [-0.05, 0) is 6.92 Å². The van der Waals surface area contributed by atoms with Gasteiger partial charge in [0.2, 0.25) is 10.0 Å². The summed E-state index contributed by atoms with van der Waals surface area (Å²) >= 11 is 1.07. The lowest BCUT2D eigenvalue weighted by molar-refractivity contribution is -0.130. The van der Waals surface area contributed by atoms with E-state index in [-0.39, 0.29) is 11.7 Å². The van der Waals surface area contributed by atoms with Crippen LogP contribution in [0.2, 0.25) is 0 Å². The van der Waals surface area contributed by atoms with Crippen molar-refractivity contribution in [2.24, 2.45) is 0 Å². The molecule has 110 valence electrons. The zero-order chi connectivity index (χ0) is 14.5. The van der Waals surface area contributed by atoms with Gasteiger partial charge in [-0.1, -0.05) is 11.5 Å². The SMILES string of the molecule is C=C(SCC(C)S(=O)(=O)NO)C(=O)N1CCOCC1. The van der Waals surface area contributed by atoms with Crippen LogP contribution < -0.4 is 4.89 Å². The standard InChI is InChI=1S/C10H18N2O5S2/c1-8(19(15,16)11-14)7-18-9(2)10(13)12-3-5-17-6-4-12/h8,11,14H,2-7H2,1H3. The highest BCUT2D eigenvalue weighted by Gasteiger charge is 2.23. The second-order valence-electron chi connectivity index (χ2n) is 4.09. The third-order valence-electron chi connectivity index (χ3n) is 2.69. The maximum absolute atomic E-state index is 12.0. The lowest BCUT2D eigenvalue weighted by Gasteiger charge is -2.27. The van der Waals surface area contributed by atoms with Crippen molar-refractivity contribution in [2.75, 3.05) is 32.1 Å². The summed E-state index contributed by atoms with van der Waals surface area (Å²) in [7, 11) is -3.75. The molecular weight excluding hydrogens is 292 g/mol. The average molecular weight is 310 g/mol. The number of nitrogens with one attached hydrogen (secondary N) is 1. The number of ether oxygens (including phenoxy) is 1. The Morgan fingerprint density at radius 1 is 1.53 bits per heavy atom. The molecule has 7 nitrogen and oxygen atoms in total. The molecule has 1 fully saturated rings. The van der Waals surface area contributed by atoms with Gasteiger partial charge < -0.3 is 14.8 Å². The summed E-state index contributed by atoms with van der Waals surface area (Å²) < 4.78 is 27.7. The molecule has 2 N–H and O–H groups in total. The molecule has 19 heavy (non-hydrogen) atoms. The van der Waals surface area contributed by atoms with Crippen LogP contribution in [0.3, 0.4) is 0 Å². The Bertz CT molecular complexity index is 431. The monoisotopic (exact) mass is 310 g/mol. The van der Waals surface area contributed by atoms with E-state index in [1.165, 1.54) is 11.8 Å². The minimum absolute atomic E-state index is 0.144. The molecule has 0 bridgehead atoms. The Balaban J connectivity index is 2.44. The van der Waals surface area contributed by atoms with Crippen LogP contribution in [0.4, 0.5) is 0 Å². The average Bonchev–Trinajstić information content (AvgIpc) is 2.44. The highest BCUT2D eigenvalue weighted by atomic mass is 32.2. The lowest BCUT2D eigenvalue weighted by atomic mass is 10.4. The number of carbonyl (C=O) groups is 1. The number of hydrogen-bond acceptors (Lipinski definition) is 6. The van der Waals surface area contributed by atoms with E-state index in [4.69, 9.17) is 9.94 Å². The summed E-state index contributed by atoms with van der Waals surface area (Å²) in [5.74, 6) is -0.0556. The zero-order valence-electron chi connectivity index (χ0n) is 10.7. The van der Waals surface area contributed by atoms with E-state index in [1.54, 1.807) is 4.90 Å². The van der Waals surface area contributed by atoms with Crippen LogP contribution >= 0.6 is 11.8 Å². The molecule has 1 aliphatic heterocycles. The van der Waals surface area contributed by atoms with Gasteiger partial charge in [0.05, 0.1) is 23.4 Å². The summed E-state index contributed by atoms with van der Waals surface area (Å²) in [6, 6.07) is 0. The minimum Gasteiger partial charge on any atom is -0.378 e. The van der Waals surface area contributed by atoms with Crippen molar-refractivity contribution < 1.29 is 23.2 Å². The molecule has 1 aliphatic rings. The Kier molecular flexibility index (Phi) is 6.27. The first-order valence-corrected chi connectivity index (χ1v) is 8.25. The number of thioether (sulfide) groups is 1. The van der Waals surface area contributed by atoms with Crippen molar-refractivity contribution in [3.8, 4) is 0 Å². The Hall–Kier alpha value is -0.610. The van der Waals surface area contributed by atoms with Gasteiger partial charge in [-0.25, -0.2) is 8.42 Å². The molecule has 1 saturated heterocycles. The van der Waals surface area contributed by atoms with E-state index in [0.29, 0.717) is 31.2 Å². The fraction of sp³-hybridized carbons (Fsp3) is 0.700. The van der Waals surface area contributed by atoms with Crippen molar-refractivity contribution in [2.45, 2.75) is 12.2 Å². The number of rotatable bonds is 6. The summed E-state index contributed by atoms with van der Waals surface area (Å²) in [4.78, 5) is 15.2. The maximum atomic E-state index is 12.0. The van der Waals surface area contributed by atoms with Gasteiger partial charge >= 0.3 is 0 Å². The first-order valence-electron chi connectivity index (χ1n) is 5.72. The summed E-state index contributed by atoms with van der Waals surface area (Å²) in [6.45, 7) is 7.15. The predicted octanol–water partition coefficient (Wildman–Crippen LogP) is -0.211. The molecule has 0 saturated carbocycles. The fourth-order valence-electron chi connectivity index (χ4n) is 1.40. The Morgan fingerprint density at radius 2 is 2.11 bits per heavy atom. The molecule has 0 aromatic heterocycles. The Labute approximate surface area is 117 Å². The maximum Gasteiger partial charge on any atom is 0.259 e. The van der Waals surface area contributed by atoms with Gasteiger partial charge in [-0.2, -0.15) is 0 Å². The Morgan fingerprint density at radius 3 is 2.63 bits per heavy atom. The fourth-order valence-corrected chi connectivity index (χ4v) is 3.19. The summed E-state index contributed by atoms with van der Waals surface area (Å²) in [5.41, 5.74) is 0. The lowest BCUT2D eigenvalue weighted by Crippen LogP contribution is -2.41. The highest BCUT2D eigenvalue weighted by molar-refractivity contribution is 8.04. The second kappa shape index (κ2) is 7.25. The van der Waals surface area contributed by atoms with Crippen molar-refractivity contribution in [1.29, 1.82) is 0 Å². The van der Waals surface area contributed by atoms with Gasteiger partial charge in [-0.3, -0.25) is 4.79 Å². The van der Waals surface area contributed by atoms with Crippen LogP contribution in [0.1, 0.15) is 6.92 Å². The quantitative estimate of drug-likeness (QED) is 0.520. The first-order chi connectivity index (χ1) is 8.88. The van der Waals surface area contributed by atoms with Crippen LogP contribution in [0.25, 0.3) is 0 Å². The number of amides is 1. The number of carbonyl (C=O) groups excluding carboxylic acids is 1. The number of morpholine rings is 1. The van der Waals surface area contributed by atoms with Crippen molar-refractivity contribution in [3.05, 3.63) is 11.5 Å². The van der Waals surface area contributed by atoms with Crippen LogP contribution in [0, 0.1) is 0 Å². The summed E-state index contributed by atoms with van der Waals surface area (Å²) in [6.07, 6.45) is 0. The van der Waals surface area contributed by atoms with Crippen molar-refractivity contribution in [1.82, 2.24) is 9.79 Å². The first kappa shape index (κ1) is 16.4. The normalized spacial score (nSPS) is 18.1. The topological polar surface area (TPSA) is 95.9 Å². The van der Waals surface area contributed by atoms with Crippen LogP contribution in [0.5, 0.6) is 0 Å². The molecule has 1 amide bonds. The van der Waals surface area contributed by atoms with E-state index in [9.17, 15) is 13.2 Å². The van der Waals surface area contributed by atoms with Crippen molar-refractivity contribution >= 4 is 27.7 Å². The van der Waals surface area contributed by atoms with E-state index < -0.39 is 15.3 Å². The number of sulfonamides is 1. The summed E-state index contributed by atoms with van der Waals surface area (Å²) in [5, 5.41) is 7.66. The molecule has 0 spiro atoms. The van der Waals surface area contributed by atoms with Crippen molar-refractivity contribution in [3.63, 3.8) is 0 Å². The highest BCUT2D eigenvalue weighted by Crippen LogP contribution is 2.20. The van der Waals surface area contributed by atoms with Gasteiger partial charge in [0.25, 0.3) is 5.91 Å². The number of nitrogens with zero attached hydrogens (tertiary/aromatic N) is 1. The van der Waals surface area contributed by atoms with Crippen LogP contribution in [-0.4, -0.2) is 61.7 Å². The molecule has 0 aliphatic carbocycles. The van der Waals surface area contributed by atoms with E-state index >= 15 is 0 Å². The molecule has 0 aromatic rings. The molecule has 1 heterocycles. The zero-order valence-corrected chi connectivity index (χ0v) is 12.3. The molecular formula is C10H18N2O5S2. The smallest absolute Gasteiger partial charge is 0.259 e. The third-order valence-corrected chi connectivity index (χ3v) is 5.57. The predicted molar refractivity (Wildman–Crippen MR) is 72.3 cm³/mol. The van der Waals surface area contributed by atoms with Gasteiger partial charge in [0.1, 0.15) is 0 Å².